The Morgan fingerprint density at radius 3 is 1.97 bits per heavy atom. The zero-order valence-electron chi connectivity index (χ0n) is 16.3. The van der Waals surface area contributed by atoms with Gasteiger partial charge in [0.1, 0.15) is 17.1 Å². The third kappa shape index (κ3) is 4.45. The van der Waals surface area contributed by atoms with Gasteiger partial charge in [0.25, 0.3) is 5.91 Å². The lowest BCUT2D eigenvalue weighted by Crippen LogP contribution is -2.34. The van der Waals surface area contributed by atoms with Crippen molar-refractivity contribution in [3.63, 3.8) is 0 Å². The zero-order valence-corrected chi connectivity index (χ0v) is 16.3. The van der Waals surface area contributed by atoms with E-state index in [1.807, 2.05) is 30.3 Å². The number of rotatable bonds is 6. The molecular weight excluding hydrogens is 394 g/mol. The predicted molar refractivity (Wildman–Crippen MR) is 116 cm³/mol. The molecule has 7 nitrogen and oxygen atoms in total. The Hall–Kier alpha value is -4.39. The van der Waals surface area contributed by atoms with E-state index >= 15 is 0 Å². The van der Waals surface area contributed by atoms with Gasteiger partial charge in [-0.1, -0.05) is 48.5 Å². The number of aromatic nitrogens is 2. The molecule has 0 aliphatic heterocycles. The number of nitrogens with one attached hydrogen (secondary N) is 1. The van der Waals surface area contributed by atoms with Gasteiger partial charge in [-0.15, -0.1) is 0 Å². The van der Waals surface area contributed by atoms with Crippen LogP contribution in [0.4, 0.5) is 0 Å². The van der Waals surface area contributed by atoms with Crippen LogP contribution in [0.2, 0.25) is 0 Å². The van der Waals surface area contributed by atoms with Crippen LogP contribution in [0, 0.1) is 0 Å². The minimum absolute atomic E-state index is 0.163. The first-order chi connectivity index (χ1) is 15.0. The van der Waals surface area contributed by atoms with E-state index in [-0.39, 0.29) is 11.4 Å². The van der Waals surface area contributed by atoms with E-state index in [9.17, 15) is 19.5 Å². The van der Waals surface area contributed by atoms with Crippen molar-refractivity contribution in [1.82, 2.24) is 15.3 Å². The summed E-state index contributed by atoms with van der Waals surface area (Å²) >= 11 is 0. The number of pyridine rings is 2. The van der Waals surface area contributed by atoms with E-state index in [2.05, 4.69) is 15.3 Å². The molecule has 31 heavy (non-hydrogen) atoms. The Morgan fingerprint density at radius 1 is 0.774 bits per heavy atom. The third-order valence-corrected chi connectivity index (χ3v) is 4.65. The summed E-state index contributed by atoms with van der Waals surface area (Å²) in [4.78, 5) is 45.0. The molecule has 0 aliphatic rings. The molecule has 1 amide bonds. The van der Waals surface area contributed by atoms with Gasteiger partial charge in [0.15, 0.2) is 5.78 Å². The normalized spacial score (nSPS) is 11.4. The molecule has 2 N–H and O–H groups in total. The van der Waals surface area contributed by atoms with Gasteiger partial charge >= 0.3 is 0 Å². The minimum atomic E-state index is -1.01. The smallest absolute Gasteiger partial charge is 0.292 e. The van der Waals surface area contributed by atoms with Crippen molar-refractivity contribution >= 4 is 45.0 Å². The largest absolute Gasteiger partial charge is 0.506 e. The maximum atomic E-state index is 12.3. The molecule has 2 aromatic carbocycles. The number of amides is 1. The monoisotopic (exact) mass is 411 g/mol. The molecule has 2 heterocycles. The highest BCUT2D eigenvalue weighted by Crippen LogP contribution is 2.16. The Kier molecular flexibility index (Phi) is 5.49. The van der Waals surface area contributed by atoms with Crippen molar-refractivity contribution in [3.05, 3.63) is 90.3 Å². The van der Waals surface area contributed by atoms with Crippen molar-refractivity contribution in [1.29, 1.82) is 0 Å². The van der Waals surface area contributed by atoms with E-state index in [1.54, 1.807) is 42.5 Å². The molecule has 2 aromatic heterocycles. The molecule has 0 saturated heterocycles. The van der Waals surface area contributed by atoms with Crippen LogP contribution < -0.4 is 5.32 Å². The van der Waals surface area contributed by atoms with E-state index < -0.39 is 29.8 Å². The van der Waals surface area contributed by atoms with Gasteiger partial charge in [0, 0.05) is 16.8 Å². The van der Waals surface area contributed by atoms with E-state index in [1.165, 1.54) is 0 Å². The van der Waals surface area contributed by atoms with E-state index in [0.29, 0.717) is 11.0 Å². The van der Waals surface area contributed by atoms with Gasteiger partial charge in [-0.05, 0) is 24.3 Å². The first kappa shape index (κ1) is 19.9. The van der Waals surface area contributed by atoms with Crippen molar-refractivity contribution in [2.45, 2.75) is 0 Å². The lowest BCUT2D eigenvalue weighted by molar-refractivity contribution is -0.135. The molecule has 0 spiro atoms. The van der Waals surface area contributed by atoms with Gasteiger partial charge in [-0.25, -0.2) is 9.97 Å². The highest BCUT2D eigenvalue weighted by Gasteiger charge is 2.16. The predicted octanol–water partition coefficient (Wildman–Crippen LogP) is 3.25. The zero-order chi connectivity index (χ0) is 21.8. The van der Waals surface area contributed by atoms with Crippen LogP contribution in [0.1, 0.15) is 16.2 Å². The van der Waals surface area contributed by atoms with Crippen LogP contribution in [0.25, 0.3) is 27.6 Å². The summed E-state index contributed by atoms with van der Waals surface area (Å²) < 4.78 is 0. The van der Waals surface area contributed by atoms with Crippen LogP contribution in [0.5, 0.6) is 0 Å². The van der Waals surface area contributed by atoms with Crippen LogP contribution in [0.3, 0.4) is 0 Å². The number of hydrogen-bond acceptors (Lipinski definition) is 6. The average Bonchev–Trinajstić information content (AvgIpc) is 2.81. The summed E-state index contributed by atoms with van der Waals surface area (Å²) in [6.07, 6.45) is 0.783. The van der Waals surface area contributed by atoms with E-state index in [0.717, 1.165) is 16.8 Å². The second-order valence-corrected chi connectivity index (χ2v) is 6.78. The molecule has 0 unspecified atom stereocenters. The maximum absolute atomic E-state index is 12.3. The summed E-state index contributed by atoms with van der Waals surface area (Å²) in [6, 6.07) is 21.3. The van der Waals surface area contributed by atoms with Gasteiger partial charge in [0.2, 0.25) is 5.78 Å². The second kappa shape index (κ2) is 8.54. The summed E-state index contributed by atoms with van der Waals surface area (Å²) in [6.45, 7) is -0.390. The van der Waals surface area contributed by atoms with Gasteiger partial charge < -0.3 is 10.4 Å². The first-order valence-electron chi connectivity index (χ1n) is 9.49. The lowest BCUT2D eigenvalue weighted by atomic mass is 10.1. The molecule has 7 heteroatoms. The topological polar surface area (TPSA) is 109 Å². The molecule has 0 atom stereocenters. The highest BCUT2D eigenvalue weighted by atomic mass is 16.3. The Bertz CT molecular complexity index is 1360. The Labute approximate surface area is 177 Å². The van der Waals surface area contributed by atoms with Crippen molar-refractivity contribution in [2.24, 2.45) is 0 Å². The number of ketones is 2. The molecule has 0 radical (unpaired) electrons. The van der Waals surface area contributed by atoms with Crippen molar-refractivity contribution < 1.29 is 19.5 Å². The molecule has 0 bridgehead atoms. The Balaban J connectivity index is 1.41. The number of aliphatic hydroxyl groups is 1. The van der Waals surface area contributed by atoms with Gasteiger partial charge in [-0.2, -0.15) is 0 Å². The fraction of sp³-hybridized carbons (Fsp3) is 0.0417. The number of hydrogen-bond donors (Lipinski definition) is 2. The molecule has 0 saturated carbocycles. The standard InChI is InChI=1S/C24H17N3O4/c28-21(19-11-9-15-5-1-3-7-17(15)26-19)13-22(29)24(31)25-14-23(30)20-12-10-16-6-2-4-8-18(16)27-20/h1-13,28H,14H2,(H,25,31)/b21-13-. The number of Topliss-reactive ketones (excluding diaryl/α,β-unsaturated/α-hetero) is 1. The quantitative estimate of drug-likeness (QED) is 0.218. The molecule has 152 valence electrons. The first-order valence-corrected chi connectivity index (χ1v) is 9.49. The number of para-hydroxylation sites is 2. The van der Waals surface area contributed by atoms with Gasteiger partial charge in [-0.3, -0.25) is 14.4 Å². The number of nitrogens with zero attached hydrogens (tertiary/aromatic N) is 2. The molecular formula is C24H17N3O4. The van der Waals surface area contributed by atoms with Crippen molar-refractivity contribution in [2.75, 3.05) is 6.54 Å². The van der Waals surface area contributed by atoms with Crippen LogP contribution in [-0.2, 0) is 9.59 Å². The second-order valence-electron chi connectivity index (χ2n) is 6.78. The fourth-order valence-electron chi connectivity index (χ4n) is 3.03. The highest BCUT2D eigenvalue weighted by molar-refractivity contribution is 6.41. The van der Waals surface area contributed by atoms with Crippen molar-refractivity contribution in [3.8, 4) is 0 Å². The molecule has 4 rings (SSSR count). The summed E-state index contributed by atoms with van der Waals surface area (Å²) in [5, 5.41) is 14.2. The van der Waals surface area contributed by atoms with Gasteiger partial charge in [0.05, 0.1) is 17.6 Å². The number of aliphatic hydroxyl groups excluding tert-OH is 1. The minimum Gasteiger partial charge on any atom is -0.506 e. The summed E-state index contributed by atoms with van der Waals surface area (Å²) in [5.41, 5.74) is 1.65. The van der Waals surface area contributed by atoms with Crippen LogP contribution in [-0.4, -0.2) is 39.1 Å². The number of benzene rings is 2. The SMILES string of the molecule is O=C(/C=C(\O)c1ccc2ccccc2n1)C(=O)NCC(=O)c1ccc2ccccc2n1. The fourth-order valence-corrected chi connectivity index (χ4v) is 3.03. The van der Waals surface area contributed by atoms with E-state index in [4.69, 9.17) is 0 Å². The number of carbonyl (C=O) groups is 3. The lowest BCUT2D eigenvalue weighted by Gasteiger charge is -2.05. The summed E-state index contributed by atoms with van der Waals surface area (Å²) in [7, 11) is 0. The maximum Gasteiger partial charge on any atom is 0.292 e. The van der Waals surface area contributed by atoms with Crippen LogP contribution >= 0.6 is 0 Å². The van der Waals surface area contributed by atoms with Crippen LogP contribution in [0.15, 0.2) is 78.9 Å². The Morgan fingerprint density at radius 2 is 1.32 bits per heavy atom. The average molecular weight is 411 g/mol. The summed E-state index contributed by atoms with van der Waals surface area (Å²) in [5.74, 6) is -2.88. The molecule has 4 aromatic rings. The third-order valence-electron chi connectivity index (χ3n) is 4.65. The number of fused-ring (bicyclic) bond motifs is 2. The molecule has 0 aliphatic carbocycles. The number of carbonyl (C=O) groups excluding carboxylic acids is 3. The molecule has 0 fully saturated rings.